The van der Waals surface area contributed by atoms with Crippen LogP contribution in [-0.2, 0) is 10.8 Å². The molecule has 4 heteroatoms. The molecule has 0 saturated carbocycles. The van der Waals surface area contributed by atoms with E-state index in [0.29, 0.717) is 0 Å². The molecule has 0 aliphatic heterocycles. The SMILES string of the molecule is CCc1ccc(Br)cc1N(C)CC(C)(C)CO[Si](C)(C)C(C)(C)C. The third kappa shape index (κ3) is 5.89. The van der Waals surface area contributed by atoms with Crippen molar-refractivity contribution in [3.8, 4) is 0 Å². The molecule has 1 aromatic carbocycles. The van der Waals surface area contributed by atoms with Gasteiger partial charge in [-0.15, -0.1) is 0 Å². The van der Waals surface area contributed by atoms with Crippen LogP contribution in [0.25, 0.3) is 0 Å². The van der Waals surface area contributed by atoms with Crippen LogP contribution in [-0.4, -0.2) is 28.5 Å². The van der Waals surface area contributed by atoms with Gasteiger partial charge in [-0.3, -0.25) is 0 Å². The van der Waals surface area contributed by atoms with Gasteiger partial charge in [0, 0.05) is 35.8 Å². The molecule has 0 bridgehead atoms. The van der Waals surface area contributed by atoms with Gasteiger partial charge in [0.05, 0.1) is 0 Å². The third-order valence-corrected chi connectivity index (χ3v) is 10.1. The van der Waals surface area contributed by atoms with Crippen molar-refractivity contribution in [1.29, 1.82) is 0 Å². The Kier molecular flexibility index (Phi) is 7.17. The lowest BCUT2D eigenvalue weighted by atomic mass is 9.94. The summed E-state index contributed by atoms with van der Waals surface area (Å²) in [5.74, 6) is 0. The molecule has 138 valence electrons. The molecule has 0 fully saturated rings. The van der Waals surface area contributed by atoms with Crippen molar-refractivity contribution >= 4 is 29.9 Å². The number of hydrogen-bond acceptors (Lipinski definition) is 2. The lowest BCUT2D eigenvalue weighted by molar-refractivity contribution is 0.170. The molecular weight excluding hydrogens is 378 g/mol. The maximum atomic E-state index is 6.48. The van der Waals surface area contributed by atoms with Gasteiger partial charge in [-0.2, -0.15) is 0 Å². The number of anilines is 1. The molecule has 0 radical (unpaired) electrons. The fraction of sp³-hybridized carbons (Fsp3) is 0.700. The van der Waals surface area contributed by atoms with E-state index in [-0.39, 0.29) is 10.5 Å². The average molecular weight is 415 g/mol. The van der Waals surface area contributed by atoms with E-state index in [2.05, 4.69) is 101 Å². The zero-order chi connectivity index (χ0) is 18.8. The van der Waals surface area contributed by atoms with Crippen LogP contribution in [0.4, 0.5) is 5.69 Å². The van der Waals surface area contributed by atoms with Crippen LogP contribution in [0.15, 0.2) is 22.7 Å². The molecule has 0 N–H and O–H groups in total. The Morgan fingerprint density at radius 2 is 1.71 bits per heavy atom. The first-order valence-corrected chi connectivity index (χ1v) is 12.6. The number of nitrogens with zero attached hydrogens (tertiary/aromatic N) is 1. The normalized spacial score (nSPS) is 13.2. The highest BCUT2D eigenvalue weighted by Gasteiger charge is 2.38. The van der Waals surface area contributed by atoms with Crippen LogP contribution in [0.3, 0.4) is 0 Å². The highest BCUT2D eigenvalue weighted by Crippen LogP contribution is 2.38. The smallest absolute Gasteiger partial charge is 0.192 e. The lowest BCUT2D eigenvalue weighted by Gasteiger charge is -2.40. The average Bonchev–Trinajstić information content (AvgIpc) is 2.43. The monoisotopic (exact) mass is 413 g/mol. The minimum Gasteiger partial charge on any atom is -0.416 e. The van der Waals surface area contributed by atoms with Crippen LogP contribution >= 0.6 is 15.9 Å². The van der Waals surface area contributed by atoms with Crippen LogP contribution in [0.2, 0.25) is 18.1 Å². The topological polar surface area (TPSA) is 12.5 Å². The summed E-state index contributed by atoms with van der Waals surface area (Å²) in [6.45, 7) is 20.2. The van der Waals surface area contributed by atoms with E-state index in [9.17, 15) is 0 Å². The predicted molar refractivity (Wildman–Crippen MR) is 114 cm³/mol. The standard InChI is InChI=1S/C20H36BrNOSi/c1-10-16-11-12-17(21)13-18(16)22(7)14-20(5,6)15-23-24(8,9)19(2,3)4/h11-13H,10,14-15H2,1-9H3. The first-order chi connectivity index (χ1) is 10.8. The maximum Gasteiger partial charge on any atom is 0.192 e. The molecule has 1 aromatic rings. The summed E-state index contributed by atoms with van der Waals surface area (Å²) in [6.07, 6.45) is 1.05. The van der Waals surface area contributed by atoms with Crippen LogP contribution < -0.4 is 4.90 Å². The number of halogens is 1. The summed E-state index contributed by atoms with van der Waals surface area (Å²) in [6, 6.07) is 6.57. The number of benzene rings is 1. The van der Waals surface area contributed by atoms with Crippen molar-refractivity contribution in [3.05, 3.63) is 28.2 Å². The molecule has 0 amide bonds. The van der Waals surface area contributed by atoms with Gasteiger partial charge < -0.3 is 9.33 Å². The minimum atomic E-state index is -1.70. The van der Waals surface area contributed by atoms with Crippen LogP contribution in [0, 0.1) is 5.41 Å². The van der Waals surface area contributed by atoms with E-state index in [1.165, 1.54) is 11.3 Å². The Morgan fingerprint density at radius 1 is 1.12 bits per heavy atom. The highest BCUT2D eigenvalue weighted by atomic mass is 79.9. The summed E-state index contributed by atoms with van der Waals surface area (Å²) in [7, 11) is 0.492. The molecule has 24 heavy (non-hydrogen) atoms. The molecule has 0 aliphatic carbocycles. The first kappa shape index (κ1) is 21.7. The summed E-state index contributed by atoms with van der Waals surface area (Å²) >= 11 is 3.61. The van der Waals surface area contributed by atoms with Gasteiger partial charge in [0.15, 0.2) is 8.32 Å². The summed E-state index contributed by atoms with van der Waals surface area (Å²) < 4.78 is 7.61. The van der Waals surface area contributed by atoms with Crippen LogP contribution in [0.1, 0.15) is 47.1 Å². The summed E-state index contributed by atoms with van der Waals surface area (Å²) in [5.41, 5.74) is 2.81. The third-order valence-electron chi connectivity index (χ3n) is 5.13. The number of aryl methyl sites for hydroxylation is 1. The largest absolute Gasteiger partial charge is 0.416 e. The van der Waals surface area contributed by atoms with Gasteiger partial charge in [0.2, 0.25) is 0 Å². The van der Waals surface area contributed by atoms with Crippen molar-refractivity contribution in [2.45, 2.75) is 66.1 Å². The fourth-order valence-corrected chi connectivity index (χ4v) is 4.09. The summed E-state index contributed by atoms with van der Waals surface area (Å²) in [4.78, 5) is 2.37. The Bertz CT molecular complexity index is 549. The lowest BCUT2D eigenvalue weighted by Crippen LogP contribution is -2.45. The molecule has 0 aromatic heterocycles. The zero-order valence-electron chi connectivity index (χ0n) is 17.1. The van der Waals surface area contributed by atoms with Crippen molar-refractivity contribution in [2.24, 2.45) is 5.41 Å². The van der Waals surface area contributed by atoms with E-state index < -0.39 is 8.32 Å². The maximum absolute atomic E-state index is 6.48. The van der Waals surface area contributed by atoms with E-state index in [4.69, 9.17) is 4.43 Å². The van der Waals surface area contributed by atoms with E-state index in [1.54, 1.807) is 0 Å². The Morgan fingerprint density at radius 3 is 2.21 bits per heavy atom. The predicted octanol–water partition coefficient (Wildman–Crippen LogP) is 6.50. The molecule has 1 rings (SSSR count). The highest BCUT2D eigenvalue weighted by molar-refractivity contribution is 9.10. The van der Waals surface area contributed by atoms with E-state index in [1.807, 2.05) is 0 Å². The Balaban J connectivity index is 2.82. The zero-order valence-corrected chi connectivity index (χ0v) is 19.7. The first-order valence-electron chi connectivity index (χ1n) is 8.92. The van der Waals surface area contributed by atoms with Gasteiger partial charge in [0.25, 0.3) is 0 Å². The molecule has 0 spiro atoms. The van der Waals surface area contributed by atoms with Crippen LogP contribution in [0.5, 0.6) is 0 Å². The molecule has 0 aliphatic rings. The second-order valence-electron chi connectivity index (χ2n) is 9.20. The Hall–Kier alpha value is -0.323. The van der Waals surface area contributed by atoms with Crippen molar-refractivity contribution in [2.75, 3.05) is 25.1 Å². The van der Waals surface area contributed by atoms with Gasteiger partial charge in [-0.05, 0) is 42.2 Å². The quantitative estimate of drug-likeness (QED) is 0.473. The number of hydrogen-bond donors (Lipinski definition) is 0. The molecule has 0 unspecified atom stereocenters. The van der Waals surface area contributed by atoms with Gasteiger partial charge in [-0.1, -0.05) is 63.5 Å². The minimum absolute atomic E-state index is 0.109. The van der Waals surface area contributed by atoms with Gasteiger partial charge >= 0.3 is 0 Å². The molecular formula is C20H36BrNOSi. The van der Waals surface area contributed by atoms with Crippen molar-refractivity contribution < 1.29 is 4.43 Å². The second kappa shape index (κ2) is 7.92. The molecule has 0 heterocycles. The fourth-order valence-electron chi connectivity index (χ4n) is 2.56. The molecule has 0 saturated heterocycles. The van der Waals surface area contributed by atoms with Crippen molar-refractivity contribution in [1.82, 2.24) is 0 Å². The summed E-state index contributed by atoms with van der Waals surface area (Å²) in [5, 5.41) is 0.259. The second-order valence-corrected chi connectivity index (χ2v) is 14.9. The van der Waals surface area contributed by atoms with E-state index in [0.717, 1.165) is 24.0 Å². The number of rotatable bonds is 7. The van der Waals surface area contributed by atoms with Crippen molar-refractivity contribution in [3.63, 3.8) is 0 Å². The van der Waals surface area contributed by atoms with E-state index >= 15 is 0 Å². The van der Waals surface area contributed by atoms with Gasteiger partial charge in [-0.25, -0.2) is 0 Å². The Labute approximate surface area is 159 Å². The molecule has 0 atom stereocenters. The molecule has 2 nitrogen and oxygen atoms in total. The van der Waals surface area contributed by atoms with Gasteiger partial charge in [0.1, 0.15) is 0 Å².